The summed E-state index contributed by atoms with van der Waals surface area (Å²) in [5.41, 5.74) is -2.85. The highest BCUT2D eigenvalue weighted by atomic mass is 19.1. The molecule has 1 N–H and O–H groups in total. The zero-order chi connectivity index (χ0) is 33.1. The smallest absolute Gasteiger partial charge is 0.425 e. The molecule has 0 aliphatic carbocycles. The quantitative estimate of drug-likeness (QED) is 0.318. The number of rotatable bonds is 6. The summed E-state index contributed by atoms with van der Waals surface area (Å²) in [4.78, 5) is 70.6. The number of oxazole rings is 1. The van der Waals surface area contributed by atoms with Crippen molar-refractivity contribution < 1.29 is 32.7 Å². The number of anilines is 1. The van der Waals surface area contributed by atoms with Crippen LogP contribution in [0.2, 0.25) is 0 Å². The summed E-state index contributed by atoms with van der Waals surface area (Å²) in [6.45, 7) is 9.13. The lowest BCUT2D eigenvalue weighted by Crippen LogP contribution is -2.45. The average molecular weight is 622 g/mol. The first-order valence-corrected chi connectivity index (χ1v) is 13.7. The van der Waals surface area contributed by atoms with Gasteiger partial charge in [0.1, 0.15) is 29.0 Å². The van der Waals surface area contributed by atoms with Crippen LogP contribution in [0.15, 0.2) is 58.3 Å². The van der Waals surface area contributed by atoms with Crippen molar-refractivity contribution >= 4 is 23.9 Å². The van der Waals surface area contributed by atoms with Gasteiger partial charge in [0.05, 0.1) is 18.4 Å². The highest BCUT2D eigenvalue weighted by molar-refractivity contribution is 6.13. The van der Waals surface area contributed by atoms with Crippen molar-refractivity contribution in [2.75, 3.05) is 4.90 Å². The van der Waals surface area contributed by atoms with Crippen LogP contribution in [0.5, 0.6) is 0 Å². The molecule has 45 heavy (non-hydrogen) atoms. The lowest BCUT2D eigenvalue weighted by Gasteiger charge is -2.29. The van der Waals surface area contributed by atoms with Crippen LogP contribution in [-0.4, -0.2) is 53.8 Å². The maximum atomic E-state index is 14.3. The third-order valence-corrected chi connectivity index (χ3v) is 5.70. The predicted molar refractivity (Wildman–Crippen MR) is 159 cm³/mol. The maximum Gasteiger partial charge on any atom is 0.425 e. The molecule has 236 valence electrons. The number of hydrogen-bond acceptors (Lipinski definition) is 11. The minimum absolute atomic E-state index is 0.0132. The van der Waals surface area contributed by atoms with E-state index in [9.17, 15) is 23.6 Å². The van der Waals surface area contributed by atoms with Gasteiger partial charge in [-0.1, -0.05) is 0 Å². The molecule has 4 aromatic heterocycles. The molecule has 4 heterocycles. The number of ether oxygens (including phenoxy) is 2. The van der Waals surface area contributed by atoms with Crippen LogP contribution in [0.4, 0.5) is 19.8 Å². The fraction of sp³-hybridized carbons (Fsp3) is 0.333. The van der Waals surface area contributed by atoms with Gasteiger partial charge in [-0.15, -0.1) is 0 Å². The van der Waals surface area contributed by atoms with Crippen molar-refractivity contribution in [2.24, 2.45) is 7.05 Å². The molecule has 15 heteroatoms. The molecule has 0 spiro atoms. The van der Waals surface area contributed by atoms with Crippen molar-refractivity contribution in [1.29, 1.82) is 0 Å². The van der Waals surface area contributed by atoms with Crippen molar-refractivity contribution in [3.05, 3.63) is 76.7 Å². The Kier molecular flexibility index (Phi) is 9.11. The zero-order valence-corrected chi connectivity index (χ0v) is 25.7. The summed E-state index contributed by atoms with van der Waals surface area (Å²) >= 11 is 0. The highest BCUT2D eigenvalue weighted by Gasteiger charge is 2.38. The van der Waals surface area contributed by atoms with E-state index < -0.39 is 46.6 Å². The third kappa shape index (κ3) is 7.93. The van der Waals surface area contributed by atoms with Gasteiger partial charge in [-0.25, -0.2) is 28.9 Å². The number of nitrogens with one attached hydrogen (secondary N) is 1. The largest absolute Gasteiger partial charge is 0.443 e. The van der Waals surface area contributed by atoms with E-state index in [-0.39, 0.29) is 35.1 Å². The summed E-state index contributed by atoms with van der Waals surface area (Å²) in [6.07, 6.45) is 2.97. The lowest BCUT2D eigenvalue weighted by molar-refractivity contribution is 0.0428. The molecule has 4 aromatic rings. The van der Waals surface area contributed by atoms with Crippen LogP contribution in [0.25, 0.3) is 22.8 Å². The molecular weight excluding hydrogens is 589 g/mol. The monoisotopic (exact) mass is 621 g/mol. The van der Waals surface area contributed by atoms with Crippen molar-refractivity contribution in [2.45, 2.75) is 59.3 Å². The zero-order valence-electron chi connectivity index (χ0n) is 25.7. The van der Waals surface area contributed by atoms with Crippen molar-refractivity contribution in [1.82, 2.24) is 29.8 Å². The van der Waals surface area contributed by atoms with E-state index >= 15 is 0 Å². The Balaban J connectivity index is 1.99. The van der Waals surface area contributed by atoms with E-state index in [0.717, 1.165) is 0 Å². The third-order valence-electron chi connectivity index (χ3n) is 5.70. The summed E-state index contributed by atoms with van der Waals surface area (Å²) < 4.78 is 32.1. The Morgan fingerprint density at radius 1 is 0.956 bits per heavy atom. The van der Waals surface area contributed by atoms with Crippen LogP contribution >= 0.6 is 0 Å². The maximum absolute atomic E-state index is 14.3. The second kappa shape index (κ2) is 12.6. The number of halogens is 1. The van der Waals surface area contributed by atoms with E-state index in [1.807, 2.05) is 0 Å². The Bertz CT molecular complexity index is 1760. The van der Waals surface area contributed by atoms with Gasteiger partial charge in [-0.05, 0) is 59.7 Å². The molecule has 0 aliphatic heterocycles. The Morgan fingerprint density at radius 3 is 2.18 bits per heavy atom. The molecule has 0 atom stereocenters. The topological polar surface area (TPSA) is 172 Å². The first-order chi connectivity index (χ1) is 21.0. The number of pyridine rings is 2. The van der Waals surface area contributed by atoms with Gasteiger partial charge in [-0.3, -0.25) is 14.6 Å². The Morgan fingerprint density at radius 2 is 1.62 bits per heavy atom. The average Bonchev–Trinajstić information content (AvgIpc) is 3.47. The number of aryl methyl sites for hydroxylation is 1. The number of carbonyl (C=O) groups excluding carboxylic acids is 3. The minimum atomic E-state index is -1.22. The standard InChI is InChI=1S/C30H32FN7O7/c1-29(2,3)44-27(41)38(28(42)45-30(4,5)6)24-23(25(40)34-15-19-18(31)9-8-12-32-19)35-21(17-10-11-20(39)37(7)16-17)22(36-24)26-33-13-14-43-26/h8-14,16H,15H2,1-7H3,(H,34,40). The van der Waals surface area contributed by atoms with E-state index in [4.69, 9.17) is 13.9 Å². The molecule has 14 nitrogen and oxygen atoms in total. The number of amides is 3. The Hall–Kier alpha value is -5.47. The van der Waals surface area contributed by atoms with E-state index in [1.165, 1.54) is 60.7 Å². The van der Waals surface area contributed by atoms with Gasteiger partial charge < -0.3 is 23.8 Å². The normalized spacial score (nSPS) is 11.6. The molecule has 0 unspecified atom stereocenters. The molecule has 4 rings (SSSR count). The number of aromatic nitrogens is 5. The first-order valence-electron chi connectivity index (χ1n) is 13.7. The second-order valence-electron chi connectivity index (χ2n) is 11.7. The van der Waals surface area contributed by atoms with Crippen molar-refractivity contribution in [3.8, 4) is 22.8 Å². The predicted octanol–water partition coefficient (Wildman–Crippen LogP) is 4.64. The molecule has 3 amide bonds. The van der Waals surface area contributed by atoms with Crippen LogP contribution < -0.4 is 15.8 Å². The second-order valence-corrected chi connectivity index (χ2v) is 11.7. The minimum Gasteiger partial charge on any atom is -0.443 e. The summed E-state index contributed by atoms with van der Waals surface area (Å²) in [6, 6.07) is 5.30. The molecule has 0 aromatic carbocycles. The van der Waals surface area contributed by atoms with E-state index in [1.54, 1.807) is 41.5 Å². The fourth-order valence-corrected chi connectivity index (χ4v) is 3.82. The van der Waals surface area contributed by atoms with Gasteiger partial charge in [0.15, 0.2) is 17.2 Å². The number of nitrogens with zero attached hydrogens (tertiary/aromatic N) is 6. The summed E-state index contributed by atoms with van der Waals surface area (Å²) in [5, 5.41) is 2.51. The van der Waals surface area contributed by atoms with Crippen LogP contribution in [0.1, 0.15) is 57.7 Å². The van der Waals surface area contributed by atoms with Crippen LogP contribution in [0, 0.1) is 5.82 Å². The van der Waals surface area contributed by atoms with Gasteiger partial charge in [0, 0.05) is 31.1 Å². The number of imide groups is 1. The summed E-state index contributed by atoms with van der Waals surface area (Å²) in [7, 11) is 1.51. The molecule has 0 fully saturated rings. The molecule has 0 saturated heterocycles. The van der Waals surface area contributed by atoms with Crippen LogP contribution in [-0.2, 0) is 23.1 Å². The van der Waals surface area contributed by atoms with Crippen LogP contribution in [0.3, 0.4) is 0 Å². The van der Waals surface area contributed by atoms with Gasteiger partial charge >= 0.3 is 12.2 Å². The number of hydrogen-bond donors (Lipinski definition) is 1. The molecule has 0 saturated carbocycles. The number of carbonyl (C=O) groups is 3. The van der Waals surface area contributed by atoms with Gasteiger partial charge in [0.25, 0.3) is 5.91 Å². The van der Waals surface area contributed by atoms with Gasteiger partial charge in [0.2, 0.25) is 11.4 Å². The molecule has 0 radical (unpaired) electrons. The summed E-state index contributed by atoms with van der Waals surface area (Å²) in [5.74, 6) is -2.29. The fourth-order valence-electron chi connectivity index (χ4n) is 3.82. The molecule has 0 bridgehead atoms. The molecule has 0 aliphatic rings. The Labute approximate surface area is 257 Å². The lowest BCUT2D eigenvalue weighted by atomic mass is 10.1. The highest BCUT2D eigenvalue weighted by Crippen LogP contribution is 2.33. The van der Waals surface area contributed by atoms with Crippen molar-refractivity contribution in [3.63, 3.8) is 0 Å². The van der Waals surface area contributed by atoms with E-state index in [0.29, 0.717) is 10.5 Å². The van der Waals surface area contributed by atoms with E-state index in [2.05, 4.69) is 25.3 Å². The first kappa shape index (κ1) is 32.4. The van der Waals surface area contributed by atoms with Gasteiger partial charge in [-0.2, -0.15) is 4.90 Å². The SMILES string of the molecule is Cn1cc(-c2nc(C(=O)NCc3ncccc3F)c(N(C(=O)OC(C)(C)C)C(=O)OC(C)(C)C)nc2-c2ncco2)ccc1=O. The molecular formula is C30H32FN7O7.